The normalized spacial score (nSPS) is 13.1. The lowest BCUT2D eigenvalue weighted by atomic mass is 10.1. The Kier molecular flexibility index (Phi) is 4.88. The van der Waals surface area contributed by atoms with Gasteiger partial charge in [-0.3, -0.25) is 0 Å². The first-order valence-electron chi connectivity index (χ1n) is 6.03. The summed E-state index contributed by atoms with van der Waals surface area (Å²) in [5.41, 5.74) is 0.628. The third-order valence-electron chi connectivity index (χ3n) is 2.89. The van der Waals surface area contributed by atoms with Crippen molar-refractivity contribution in [3.63, 3.8) is 0 Å². The van der Waals surface area contributed by atoms with Crippen LogP contribution in [0.5, 0.6) is 0 Å². The van der Waals surface area contributed by atoms with Crippen LogP contribution < -0.4 is 4.72 Å². The van der Waals surface area contributed by atoms with Gasteiger partial charge in [0.15, 0.2) is 0 Å². The van der Waals surface area contributed by atoms with Gasteiger partial charge in [0.1, 0.15) is 10.7 Å². The number of nitrogens with one attached hydrogen (secondary N) is 1. The molecule has 0 saturated heterocycles. The quantitative estimate of drug-likeness (QED) is 0.901. The predicted molar refractivity (Wildman–Crippen MR) is 81.6 cm³/mol. The predicted octanol–water partition coefficient (Wildman–Crippen LogP) is 4.17. The molecule has 1 N–H and O–H groups in total. The highest BCUT2D eigenvalue weighted by molar-refractivity contribution is 7.89. The largest absolute Gasteiger partial charge is 0.244 e. The van der Waals surface area contributed by atoms with Crippen molar-refractivity contribution in [3.05, 3.63) is 63.9 Å². The van der Waals surface area contributed by atoms with Gasteiger partial charge < -0.3 is 0 Å². The second-order valence-electron chi connectivity index (χ2n) is 4.45. The van der Waals surface area contributed by atoms with Gasteiger partial charge in [0.05, 0.1) is 10.0 Å². The highest BCUT2D eigenvalue weighted by atomic mass is 35.5. The monoisotopic (exact) mass is 347 g/mol. The van der Waals surface area contributed by atoms with Crippen molar-refractivity contribution in [2.45, 2.75) is 17.9 Å². The smallest absolute Gasteiger partial charge is 0.207 e. The highest BCUT2D eigenvalue weighted by Crippen LogP contribution is 2.30. The second kappa shape index (κ2) is 6.32. The molecule has 0 saturated carbocycles. The first-order valence-corrected chi connectivity index (χ1v) is 8.27. The topological polar surface area (TPSA) is 46.2 Å². The maximum absolute atomic E-state index is 12.9. The minimum Gasteiger partial charge on any atom is -0.207 e. The van der Waals surface area contributed by atoms with Crippen LogP contribution in [0.4, 0.5) is 4.39 Å². The van der Waals surface area contributed by atoms with E-state index in [0.29, 0.717) is 5.56 Å². The van der Waals surface area contributed by atoms with E-state index >= 15 is 0 Å². The summed E-state index contributed by atoms with van der Waals surface area (Å²) < 4.78 is 40.1. The van der Waals surface area contributed by atoms with Gasteiger partial charge >= 0.3 is 0 Å². The highest BCUT2D eigenvalue weighted by Gasteiger charge is 2.23. The van der Waals surface area contributed by atoms with E-state index in [4.69, 9.17) is 23.2 Å². The molecule has 0 aliphatic heterocycles. The SMILES string of the molecule is C[C@H](NS(=O)(=O)c1c(Cl)cccc1Cl)c1ccc(F)cc1. The van der Waals surface area contributed by atoms with Crippen LogP contribution in [0.3, 0.4) is 0 Å². The van der Waals surface area contributed by atoms with Crippen LogP contribution in [0.1, 0.15) is 18.5 Å². The molecular formula is C14H12Cl2FNO2S. The van der Waals surface area contributed by atoms with Crippen molar-refractivity contribution in [2.75, 3.05) is 0 Å². The van der Waals surface area contributed by atoms with Crippen LogP contribution in [-0.2, 0) is 10.0 Å². The number of halogens is 3. The molecule has 0 bridgehead atoms. The maximum atomic E-state index is 12.9. The fourth-order valence-electron chi connectivity index (χ4n) is 1.85. The van der Waals surface area contributed by atoms with E-state index in [1.807, 2.05) is 0 Å². The number of hydrogen-bond donors (Lipinski definition) is 1. The average Bonchev–Trinajstić information content (AvgIpc) is 2.38. The second-order valence-corrected chi connectivity index (χ2v) is 6.91. The molecule has 112 valence electrons. The van der Waals surface area contributed by atoms with Gasteiger partial charge in [-0.15, -0.1) is 0 Å². The van der Waals surface area contributed by atoms with Crippen LogP contribution in [0.25, 0.3) is 0 Å². The molecular weight excluding hydrogens is 336 g/mol. The van der Waals surface area contributed by atoms with E-state index < -0.39 is 16.1 Å². The molecule has 0 aromatic heterocycles. The molecule has 2 aromatic carbocycles. The van der Waals surface area contributed by atoms with Crippen molar-refractivity contribution in [2.24, 2.45) is 0 Å². The van der Waals surface area contributed by atoms with Crippen LogP contribution in [-0.4, -0.2) is 8.42 Å². The van der Waals surface area contributed by atoms with Gasteiger partial charge in [-0.1, -0.05) is 41.4 Å². The number of hydrogen-bond acceptors (Lipinski definition) is 2. The maximum Gasteiger partial charge on any atom is 0.244 e. The van der Waals surface area contributed by atoms with E-state index in [1.165, 1.54) is 36.4 Å². The Bertz CT molecular complexity index is 728. The summed E-state index contributed by atoms with van der Waals surface area (Å²) in [5, 5.41) is 0.0858. The number of benzene rings is 2. The van der Waals surface area contributed by atoms with E-state index in [2.05, 4.69) is 4.72 Å². The summed E-state index contributed by atoms with van der Waals surface area (Å²) in [5.74, 6) is -0.386. The molecule has 0 spiro atoms. The Labute approximate surface area is 132 Å². The molecule has 2 rings (SSSR count). The van der Waals surface area contributed by atoms with Crippen molar-refractivity contribution < 1.29 is 12.8 Å². The molecule has 0 fully saturated rings. The lowest BCUT2D eigenvalue weighted by molar-refractivity contribution is 0.566. The van der Waals surface area contributed by atoms with Gasteiger partial charge in [0.2, 0.25) is 10.0 Å². The van der Waals surface area contributed by atoms with Crippen molar-refractivity contribution in [1.29, 1.82) is 0 Å². The fraction of sp³-hybridized carbons (Fsp3) is 0.143. The van der Waals surface area contributed by atoms with Crippen molar-refractivity contribution in [3.8, 4) is 0 Å². The van der Waals surface area contributed by atoms with Gasteiger partial charge in [0.25, 0.3) is 0 Å². The molecule has 0 heterocycles. The molecule has 0 aliphatic rings. The zero-order valence-electron chi connectivity index (χ0n) is 11.0. The summed E-state index contributed by atoms with van der Waals surface area (Å²) in [7, 11) is -3.89. The van der Waals surface area contributed by atoms with Gasteiger partial charge in [-0.25, -0.2) is 17.5 Å². The van der Waals surface area contributed by atoms with Crippen LogP contribution in [0.2, 0.25) is 10.0 Å². The molecule has 1 atom stereocenters. The van der Waals surface area contributed by atoms with Crippen LogP contribution >= 0.6 is 23.2 Å². The lowest BCUT2D eigenvalue weighted by Crippen LogP contribution is -2.27. The summed E-state index contributed by atoms with van der Waals surface area (Å²) in [6.07, 6.45) is 0. The summed E-state index contributed by atoms with van der Waals surface area (Å²) >= 11 is 11.8. The zero-order chi connectivity index (χ0) is 15.6. The van der Waals surface area contributed by atoms with Crippen molar-refractivity contribution in [1.82, 2.24) is 4.72 Å². The summed E-state index contributed by atoms with van der Waals surface area (Å²) in [4.78, 5) is -0.165. The Morgan fingerprint density at radius 3 is 2.10 bits per heavy atom. The Morgan fingerprint density at radius 2 is 1.57 bits per heavy atom. The minimum atomic E-state index is -3.89. The first-order chi connectivity index (χ1) is 9.81. The van der Waals surface area contributed by atoms with Crippen LogP contribution in [0.15, 0.2) is 47.4 Å². The minimum absolute atomic E-state index is 0.0429. The van der Waals surface area contributed by atoms with E-state index in [0.717, 1.165) is 0 Å². The van der Waals surface area contributed by atoms with Gasteiger partial charge in [0, 0.05) is 6.04 Å². The third-order valence-corrected chi connectivity index (χ3v) is 5.38. The molecule has 2 aromatic rings. The lowest BCUT2D eigenvalue weighted by Gasteiger charge is -2.16. The molecule has 21 heavy (non-hydrogen) atoms. The molecule has 0 unspecified atom stereocenters. The summed E-state index contributed by atoms with van der Waals surface area (Å²) in [6.45, 7) is 1.65. The van der Waals surface area contributed by atoms with E-state index in [1.54, 1.807) is 13.0 Å². The first kappa shape index (κ1) is 16.2. The molecule has 0 radical (unpaired) electrons. The summed E-state index contributed by atoms with van der Waals surface area (Å²) in [6, 6.07) is 9.46. The fourth-order valence-corrected chi connectivity index (χ4v) is 4.23. The molecule has 3 nitrogen and oxygen atoms in total. The third kappa shape index (κ3) is 3.74. The molecule has 0 amide bonds. The van der Waals surface area contributed by atoms with Gasteiger partial charge in [-0.05, 0) is 36.8 Å². The Hall–Kier alpha value is -1.14. The number of sulfonamides is 1. The van der Waals surface area contributed by atoms with Crippen LogP contribution in [0, 0.1) is 5.82 Å². The Balaban J connectivity index is 2.31. The Morgan fingerprint density at radius 1 is 1.05 bits per heavy atom. The zero-order valence-corrected chi connectivity index (χ0v) is 13.3. The molecule has 0 aliphatic carbocycles. The molecule has 7 heteroatoms. The van der Waals surface area contributed by atoms with E-state index in [-0.39, 0.29) is 20.8 Å². The average molecular weight is 348 g/mol. The van der Waals surface area contributed by atoms with Crippen molar-refractivity contribution >= 4 is 33.2 Å². The van der Waals surface area contributed by atoms with Gasteiger partial charge in [-0.2, -0.15) is 0 Å². The standard InChI is InChI=1S/C14H12Cl2FNO2S/c1-9(10-5-7-11(17)8-6-10)18-21(19,20)14-12(15)3-2-4-13(14)16/h2-9,18H,1H3/t9-/m0/s1. The van der Waals surface area contributed by atoms with E-state index in [9.17, 15) is 12.8 Å². The number of rotatable bonds is 4.